The lowest BCUT2D eigenvalue weighted by molar-refractivity contribution is -0.128. The Morgan fingerprint density at radius 2 is 1.96 bits per heavy atom. The molecule has 1 heterocycles. The lowest BCUT2D eigenvalue weighted by Crippen LogP contribution is -2.51. The molecule has 12 heteroatoms. The third-order valence-electron chi connectivity index (χ3n) is 3.85. The van der Waals surface area contributed by atoms with Gasteiger partial charge in [-0.05, 0) is 18.2 Å². The minimum atomic E-state index is -3.02. The molecule has 0 aliphatic carbocycles. The fraction of sp³-hybridized carbons (Fsp3) is 0.438. The van der Waals surface area contributed by atoms with Gasteiger partial charge in [0.25, 0.3) is 24.7 Å². The van der Waals surface area contributed by atoms with Crippen LogP contribution in [0, 0.1) is 0 Å². The largest absolute Gasteiger partial charge is 0.370 e. The summed E-state index contributed by atoms with van der Waals surface area (Å²) in [6.45, 7) is -0.752. The van der Waals surface area contributed by atoms with Crippen LogP contribution < -0.4 is 21.3 Å². The van der Waals surface area contributed by atoms with E-state index in [4.69, 9.17) is 10.5 Å². The molecule has 1 aliphatic rings. The SMILES string of the molecule is NC(=O)[C@H](NCC(F)F)C(=O)Nc1ccc(N2CCOCC2=O)cc1C(F)F. The minimum absolute atomic E-state index is 0.175. The highest BCUT2D eigenvalue weighted by atomic mass is 19.3. The molecule has 8 nitrogen and oxygen atoms in total. The second kappa shape index (κ2) is 9.46. The van der Waals surface area contributed by atoms with E-state index >= 15 is 0 Å². The average molecular weight is 406 g/mol. The number of benzene rings is 1. The van der Waals surface area contributed by atoms with Crippen molar-refractivity contribution in [1.82, 2.24) is 5.32 Å². The number of halogens is 4. The molecule has 1 fully saturated rings. The first-order chi connectivity index (χ1) is 13.2. The highest BCUT2D eigenvalue weighted by Gasteiger charge is 2.28. The Morgan fingerprint density at radius 3 is 2.54 bits per heavy atom. The van der Waals surface area contributed by atoms with Crippen molar-refractivity contribution in [3.8, 4) is 0 Å². The van der Waals surface area contributed by atoms with Gasteiger partial charge in [-0.1, -0.05) is 0 Å². The number of nitrogens with zero attached hydrogens (tertiary/aromatic N) is 1. The molecule has 3 amide bonds. The molecule has 0 bridgehead atoms. The number of ether oxygens (including phenoxy) is 1. The molecule has 0 saturated carbocycles. The number of amides is 3. The molecule has 28 heavy (non-hydrogen) atoms. The number of nitrogens with two attached hydrogens (primary N) is 1. The smallest absolute Gasteiger partial charge is 0.265 e. The van der Waals surface area contributed by atoms with Crippen molar-refractivity contribution in [2.75, 3.05) is 36.5 Å². The van der Waals surface area contributed by atoms with Gasteiger partial charge in [0.15, 0.2) is 6.04 Å². The van der Waals surface area contributed by atoms with Crippen molar-refractivity contribution >= 4 is 29.1 Å². The van der Waals surface area contributed by atoms with Gasteiger partial charge in [-0.3, -0.25) is 19.7 Å². The zero-order valence-corrected chi connectivity index (χ0v) is 14.5. The lowest BCUT2D eigenvalue weighted by atomic mass is 10.1. The minimum Gasteiger partial charge on any atom is -0.370 e. The van der Waals surface area contributed by atoms with Crippen LogP contribution >= 0.6 is 0 Å². The van der Waals surface area contributed by atoms with Gasteiger partial charge in [0, 0.05) is 23.5 Å². The summed E-state index contributed by atoms with van der Waals surface area (Å²) in [6.07, 6.45) is -5.87. The van der Waals surface area contributed by atoms with E-state index < -0.39 is 48.7 Å². The number of carbonyl (C=O) groups excluding carboxylic acids is 3. The van der Waals surface area contributed by atoms with E-state index in [-0.39, 0.29) is 31.1 Å². The van der Waals surface area contributed by atoms with Gasteiger partial charge >= 0.3 is 0 Å². The van der Waals surface area contributed by atoms with Crippen LogP contribution in [0.2, 0.25) is 0 Å². The van der Waals surface area contributed by atoms with E-state index in [0.29, 0.717) is 0 Å². The van der Waals surface area contributed by atoms with Crippen LogP contribution in [0.5, 0.6) is 0 Å². The second-order valence-electron chi connectivity index (χ2n) is 5.79. The predicted octanol–water partition coefficient (Wildman–Crippen LogP) is 0.634. The molecule has 0 aromatic heterocycles. The Hall–Kier alpha value is -2.73. The summed E-state index contributed by atoms with van der Waals surface area (Å²) in [5.74, 6) is -2.81. The third-order valence-corrected chi connectivity index (χ3v) is 3.85. The van der Waals surface area contributed by atoms with Gasteiger partial charge < -0.3 is 20.7 Å². The Labute approximate surface area is 157 Å². The van der Waals surface area contributed by atoms with Gasteiger partial charge in [-0.25, -0.2) is 17.6 Å². The standard InChI is InChI=1S/C16H18F4N4O4/c17-11(18)6-22-13(15(21)26)16(27)23-10-2-1-8(5-9(10)14(19)20)24-3-4-28-7-12(24)25/h1-2,5,11,13-14,22H,3-4,6-7H2,(H2,21,26)(H,23,27)/t13-/m0/s1. The van der Waals surface area contributed by atoms with E-state index in [0.717, 1.165) is 12.1 Å². The van der Waals surface area contributed by atoms with Gasteiger partial charge in [0.05, 0.1) is 13.2 Å². The van der Waals surface area contributed by atoms with E-state index in [2.05, 4.69) is 5.32 Å². The summed E-state index contributed by atoms with van der Waals surface area (Å²) >= 11 is 0. The molecule has 1 aromatic carbocycles. The second-order valence-corrected chi connectivity index (χ2v) is 5.79. The number of morpholine rings is 1. The molecule has 0 unspecified atom stereocenters. The first-order valence-corrected chi connectivity index (χ1v) is 8.12. The number of nitrogens with one attached hydrogen (secondary N) is 2. The molecule has 0 radical (unpaired) electrons. The van der Waals surface area contributed by atoms with Gasteiger partial charge in [-0.2, -0.15) is 0 Å². The van der Waals surface area contributed by atoms with Crippen LogP contribution in [-0.4, -0.2) is 56.5 Å². The Morgan fingerprint density at radius 1 is 1.25 bits per heavy atom. The maximum absolute atomic E-state index is 13.5. The van der Waals surface area contributed by atoms with Crippen molar-refractivity contribution in [3.63, 3.8) is 0 Å². The molecule has 1 saturated heterocycles. The van der Waals surface area contributed by atoms with Gasteiger partial charge in [0.2, 0.25) is 5.91 Å². The number of hydrogen-bond donors (Lipinski definition) is 3. The van der Waals surface area contributed by atoms with Crippen LogP contribution in [-0.2, 0) is 19.1 Å². The number of hydrogen-bond acceptors (Lipinski definition) is 5. The predicted molar refractivity (Wildman–Crippen MR) is 90.2 cm³/mol. The van der Waals surface area contributed by atoms with Crippen LogP contribution in [0.4, 0.5) is 28.9 Å². The third kappa shape index (κ3) is 5.39. The normalized spacial score (nSPS) is 15.8. The average Bonchev–Trinajstić information content (AvgIpc) is 2.62. The molecule has 0 spiro atoms. The summed E-state index contributed by atoms with van der Waals surface area (Å²) in [7, 11) is 0. The molecule has 1 aromatic rings. The van der Waals surface area contributed by atoms with Crippen LogP contribution in [0.15, 0.2) is 18.2 Å². The maximum Gasteiger partial charge on any atom is 0.265 e. The number of primary amides is 1. The lowest BCUT2D eigenvalue weighted by Gasteiger charge is -2.27. The van der Waals surface area contributed by atoms with Crippen LogP contribution in [0.25, 0.3) is 0 Å². The number of alkyl halides is 4. The fourth-order valence-corrected chi connectivity index (χ4v) is 2.54. The molecule has 2 rings (SSSR count). The first kappa shape index (κ1) is 21.6. The van der Waals surface area contributed by atoms with Crippen molar-refractivity contribution in [1.29, 1.82) is 0 Å². The number of carbonyl (C=O) groups is 3. The Bertz CT molecular complexity index is 747. The molecule has 1 atom stereocenters. The van der Waals surface area contributed by atoms with E-state index in [9.17, 15) is 31.9 Å². The zero-order valence-electron chi connectivity index (χ0n) is 14.5. The topological polar surface area (TPSA) is 114 Å². The fourth-order valence-electron chi connectivity index (χ4n) is 2.54. The summed E-state index contributed by atoms with van der Waals surface area (Å²) in [6, 6.07) is 1.65. The Kier molecular flexibility index (Phi) is 7.29. The van der Waals surface area contributed by atoms with Crippen molar-refractivity contribution in [3.05, 3.63) is 23.8 Å². The highest BCUT2D eigenvalue weighted by molar-refractivity contribution is 6.10. The van der Waals surface area contributed by atoms with Crippen LogP contribution in [0.1, 0.15) is 12.0 Å². The monoisotopic (exact) mass is 406 g/mol. The summed E-state index contributed by atoms with van der Waals surface area (Å²) in [5.41, 5.74) is 4.24. The summed E-state index contributed by atoms with van der Waals surface area (Å²) in [4.78, 5) is 36.6. The zero-order chi connectivity index (χ0) is 20.8. The number of anilines is 2. The van der Waals surface area contributed by atoms with E-state index in [1.807, 2.05) is 5.32 Å². The molecular weight excluding hydrogens is 388 g/mol. The van der Waals surface area contributed by atoms with Gasteiger partial charge in [-0.15, -0.1) is 0 Å². The van der Waals surface area contributed by atoms with Crippen molar-refractivity contribution in [2.24, 2.45) is 5.73 Å². The van der Waals surface area contributed by atoms with E-state index in [1.54, 1.807) is 0 Å². The Balaban J connectivity index is 2.23. The summed E-state index contributed by atoms with van der Waals surface area (Å²) in [5, 5.41) is 4.05. The van der Waals surface area contributed by atoms with Crippen molar-refractivity contribution < 1.29 is 36.7 Å². The quantitative estimate of drug-likeness (QED) is 0.433. The maximum atomic E-state index is 13.5. The first-order valence-electron chi connectivity index (χ1n) is 8.12. The molecule has 4 N–H and O–H groups in total. The summed E-state index contributed by atoms with van der Waals surface area (Å²) < 4.78 is 56.4. The van der Waals surface area contributed by atoms with E-state index in [1.165, 1.54) is 11.0 Å². The molecule has 154 valence electrons. The van der Waals surface area contributed by atoms with Crippen LogP contribution in [0.3, 0.4) is 0 Å². The van der Waals surface area contributed by atoms with Crippen molar-refractivity contribution in [2.45, 2.75) is 18.9 Å². The number of rotatable bonds is 8. The molecular formula is C16H18F4N4O4. The molecule has 1 aliphatic heterocycles. The van der Waals surface area contributed by atoms with Gasteiger partial charge in [0.1, 0.15) is 6.61 Å². The highest BCUT2D eigenvalue weighted by Crippen LogP contribution is 2.32.